The number of rotatable bonds is 5. The van der Waals surface area contributed by atoms with Gasteiger partial charge in [-0.2, -0.15) is 0 Å². The van der Waals surface area contributed by atoms with Gasteiger partial charge in [0.2, 0.25) is 0 Å². The summed E-state index contributed by atoms with van der Waals surface area (Å²) in [6.45, 7) is 13.4. The molecular formula is C48H42N3OPt-. The van der Waals surface area contributed by atoms with Crippen molar-refractivity contribution in [1.82, 2.24) is 14.5 Å². The quantitative estimate of drug-likeness (QED) is 0.175. The topological polar surface area (TPSA) is 50.9 Å². The minimum atomic E-state index is -0.0281. The van der Waals surface area contributed by atoms with Crippen LogP contribution in [-0.4, -0.2) is 19.6 Å². The first-order valence-corrected chi connectivity index (χ1v) is 17.9. The Morgan fingerprint density at radius 2 is 1.26 bits per heavy atom. The maximum atomic E-state index is 11.4. The summed E-state index contributed by atoms with van der Waals surface area (Å²) in [6.07, 6.45) is 1.86. The van der Waals surface area contributed by atoms with Gasteiger partial charge in [0, 0.05) is 38.5 Å². The van der Waals surface area contributed by atoms with Crippen LogP contribution in [0.1, 0.15) is 52.7 Å². The number of aromatic hydroxyl groups is 1. The fraction of sp³-hybridized carbons (Fsp3) is 0.167. The average Bonchev–Trinajstić information content (AvgIpc) is 3.54. The summed E-state index contributed by atoms with van der Waals surface area (Å²) in [5.74, 6) is 0.848. The van der Waals surface area contributed by atoms with Crippen LogP contribution >= 0.6 is 0 Å². The number of aromatic nitrogens is 3. The SMILES string of the molecule is CC(C)(C)c1ccc(-n2c(-c3cc(-c4ccccc4)ccc3O)nc3c(-c4[c-]c(-c5cc(C(C)(C)C)cc6cccnc56)ccc4)cccc32)cc1.[Pt]. The minimum absolute atomic E-state index is 0. The molecule has 2 aromatic heterocycles. The second kappa shape index (κ2) is 13.9. The van der Waals surface area contributed by atoms with Gasteiger partial charge in [-0.1, -0.05) is 132 Å². The molecule has 266 valence electrons. The Balaban J connectivity index is 0.00000435. The summed E-state index contributed by atoms with van der Waals surface area (Å²) >= 11 is 0. The van der Waals surface area contributed by atoms with E-state index in [0.717, 1.165) is 61.0 Å². The normalized spacial score (nSPS) is 11.9. The van der Waals surface area contributed by atoms with Crippen molar-refractivity contribution in [2.24, 2.45) is 0 Å². The van der Waals surface area contributed by atoms with E-state index in [1.54, 1.807) is 6.07 Å². The van der Waals surface area contributed by atoms with Crippen LogP contribution in [0.15, 0.2) is 140 Å². The molecule has 53 heavy (non-hydrogen) atoms. The molecule has 0 saturated carbocycles. The molecule has 0 aliphatic carbocycles. The summed E-state index contributed by atoms with van der Waals surface area (Å²) in [5, 5.41) is 12.5. The first-order chi connectivity index (χ1) is 25.0. The van der Waals surface area contributed by atoms with Crippen molar-refractivity contribution < 1.29 is 26.2 Å². The molecular weight excluding hydrogens is 830 g/mol. The Hall–Kier alpha value is -5.31. The minimum Gasteiger partial charge on any atom is -0.507 e. The summed E-state index contributed by atoms with van der Waals surface area (Å²) in [5.41, 5.74) is 12.9. The van der Waals surface area contributed by atoms with Crippen LogP contribution in [0.5, 0.6) is 5.75 Å². The van der Waals surface area contributed by atoms with Gasteiger partial charge in [0.15, 0.2) is 0 Å². The number of phenolic OH excluding ortho intramolecular Hbond substituents is 1. The Morgan fingerprint density at radius 1 is 0.566 bits per heavy atom. The molecule has 0 amide bonds. The zero-order valence-corrected chi connectivity index (χ0v) is 33.2. The molecule has 2 heterocycles. The monoisotopic (exact) mass is 871 g/mol. The number of hydrogen-bond donors (Lipinski definition) is 1. The zero-order valence-electron chi connectivity index (χ0n) is 30.9. The Labute approximate surface area is 326 Å². The van der Waals surface area contributed by atoms with E-state index >= 15 is 0 Å². The van der Waals surface area contributed by atoms with E-state index in [1.165, 1.54) is 11.1 Å². The molecule has 0 atom stereocenters. The number of para-hydroxylation sites is 1. The standard InChI is InChI=1S/C48H42N3O.Pt/c1-47(2,3)36-21-23-38(24-22-36)51-42-19-11-18-39(45(42)50-46(51)41-29-32(20-25-43(41)52)31-13-8-7-9-14-31)33-15-10-16-34(27-33)40-30-37(48(4,5)6)28-35-17-12-26-49-44(35)40;/h7-26,28-30,52H,1-6H3;/q-1;. The van der Waals surface area contributed by atoms with E-state index in [9.17, 15) is 5.11 Å². The third-order valence-electron chi connectivity index (χ3n) is 9.97. The van der Waals surface area contributed by atoms with Crippen molar-refractivity contribution in [3.8, 4) is 56.2 Å². The smallest absolute Gasteiger partial charge is 0.148 e. The van der Waals surface area contributed by atoms with Gasteiger partial charge in [0.05, 0.1) is 16.6 Å². The molecule has 0 aliphatic heterocycles. The third kappa shape index (κ3) is 6.85. The van der Waals surface area contributed by atoms with Gasteiger partial charge < -0.3 is 5.11 Å². The van der Waals surface area contributed by atoms with Crippen LogP contribution in [0, 0.1) is 6.07 Å². The predicted molar refractivity (Wildman–Crippen MR) is 216 cm³/mol. The largest absolute Gasteiger partial charge is 0.507 e. The average molecular weight is 872 g/mol. The predicted octanol–water partition coefficient (Wildman–Crippen LogP) is 12.3. The molecule has 0 radical (unpaired) electrons. The number of fused-ring (bicyclic) bond motifs is 2. The van der Waals surface area contributed by atoms with Crippen molar-refractivity contribution in [3.05, 3.63) is 157 Å². The molecule has 1 N–H and O–H groups in total. The maximum Gasteiger partial charge on any atom is 0.148 e. The van der Waals surface area contributed by atoms with Gasteiger partial charge in [0.1, 0.15) is 11.6 Å². The number of benzene rings is 6. The van der Waals surface area contributed by atoms with Gasteiger partial charge in [-0.25, -0.2) is 4.98 Å². The molecule has 4 nitrogen and oxygen atoms in total. The van der Waals surface area contributed by atoms with E-state index in [4.69, 9.17) is 9.97 Å². The van der Waals surface area contributed by atoms with E-state index in [1.807, 2.05) is 42.6 Å². The Bertz CT molecular complexity index is 2590. The summed E-state index contributed by atoms with van der Waals surface area (Å²) in [6, 6.07) is 49.8. The molecule has 0 spiro atoms. The first-order valence-electron chi connectivity index (χ1n) is 17.9. The van der Waals surface area contributed by atoms with Crippen LogP contribution in [0.2, 0.25) is 0 Å². The zero-order chi connectivity index (χ0) is 36.2. The number of phenols is 1. The van der Waals surface area contributed by atoms with Gasteiger partial charge in [0.25, 0.3) is 0 Å². The molecule has 0 saturated heterocycles. The molecule has 0 aliphatic rings. The number of imidazole rings is 1. The fourth-order valence-electron chi connectivity index (χ4n) is 7.01. The van der Waals surface area contributed by atoms with Crippen molar-refractivity contribution in [3.63, 3.8) is 0 Å². The van der Waals surface area contributed by atoms with Crippen molar-refractivity contribution in [2.45, 2.75) is 52.4 Å². The molecule has 8 rings (SSSR count). The molecule has 8 aromatic rings. The molecule has 6 aromatic carbocycles. The van der Waals surface area contributed by atoms with Gasteiger partial charge in [-0.3, -0.25) is 9.55 Å². The summed E-state index contributed by atoms with van der Waals surface area (Å²) in [7, 11) is 0. The second-order valence-corrected chi connectivity index (χ2v) is 15.7. The van der Waals surface area contributed by atoms with Crippen molar-refractivity contribution >= 4 is 21.9 Å². The van der Waals surface area contributed by atoms with Gasteiger partial charge >= 0.3 is 0 Å². The van der Waals surface area contributed by atoms with Crippen LogP contribution in [0.4, 0.5) is 0 Å². The fourth-order valence-corrected chi connectivity index (χ4v) is 7.01. The first kappa shape index (κ1) is 36.1. The van der Waals surface area contributed by atoms with Gasteiger partial charge in [-0.05, 0) is 74.9 Å². The van der Waals surface area contributed by atoms with E-state index < -0.39 is 0 Å². The van der Waals surface area contributed by atoms with Crippen LogP contribution < -0.4 is 0 Å². The van der Waals surface area contributed by atoms with Crippen molar-refractivity contribution in [2.75, 3.05) is 0 Å². The number of hydrogen-bond acceptors (Lipinski definition) is 3. The molecule has 5 heteroatoms. The molecule has 0 fully saturated rings. The number of nitrogens with zero attached hydrogens (tertiary/aromatic N) is 3. The number of pyridine rings is 1. The van der Waals surface area contributed by atoms with Crippen LogP contribution in [0.25, 0.3) is 72.4 Å². The summed E-state index contributed by atoms with van der Waals surface area (Å²) in [4.78, 5) is 10.2. The van der Waals surface area contributed by atoms with E-state index in [2.05, 4.69) is 143 Å². The second-order valence-electron chi connectivity index (χ2n) is 15.7. The Kier molecular flexibility index (Phi) is 9.47. The molecule has 0 unspecified atom stereocenters. The third-order valence-corrected chi connectivity index (χ3v) is 9.97. The summed E-state index contributed by atoms with van der Waals surface area (Å²) < 4.78 is 2.17. The van der Waals surface area contributed by atoms with Crippen LogP contribution in [-0.2, 0) is 31.9 Å². The maximum absolute atomic E-state index is 11.4. The molecule has 0 bridgehead atoms. The van der Waals surface area contributed by atoms with Crippen molar-refractivity contribution in [1.29, 1.82) is 0 Å². The van der Waals surface area contributed by atoms with Crippen LogP contribution in [0.3, 0.4) is 0 Å². The van der Waals surface area contributed by atoms with Gasteiger partial charge in [-0.15, -0.1) is 35.4 Å². The van der Waals surface area contributed by atoms with E-state index in [0.29, 0.717) is 11.4 Å². The van der Waals surface area contributed by atoms with E-state index in [-0.39, 0.29) is 37.6 Å². The Morgan fingerprint density at radius 3 is 1.98 bits per heavy atom.